The second kappa shape index (κ2) is 5.18. The topological polar surface area (TPSA) is 47.1 Å². The number of halogens is 1. The molecule has 1 N–H and O–H groups in total. The van der Waals surface area contributed by atoms with Crippen molar-refractivity contribution >= 4 is 0 Å². The van der Waals surface area contributed by atoms with Gasteiger partial charge in [-0.3, -0.25) is 0 Å². The molecule has 0 aliphatic carbocycles. The molecule has 1 aliphatic heterocycles. The number of para-hydroxylation sites is 2. The van der Waals surface area contributed by atoms with E-state index in [4.69, 9.17) is 9.47 Å². The molecule has 4 rings (SSSR count). The van der Waals surface area contributed by atoms with Crippen LogP contribution < -0.4 is 9.47 Å². The maximum Gasteiger partial charge on any atom is 0.174 e. The van der Waals surface area contributed by atoms with Crippen LogP contribution in [-0.2, 0) is 0 Å². The highest BCUT2D eigenvalue weighted by Gasteiger charge is 2.24. The number of imidazole rings is 1. The highest BCUT2D eigenvalue weighted by molar-refractivity contribution is 5.55. The number of hydrogen-bond acceptors (Lipinski definition) is 3. The Morgan fingerprint density at radius 3 is 2.64 bits per heavy atom. The van der Waals surface area contributed by atoms with Crippen molar-refractivity contribution in [2.45, 2.75) is 6.10 Å². The van der Waals surface area contributed by atoms with Crippen molar-refractivity contribution in [3.05, 3.63) is 66.2 Å². The molecule has 1 unspecified atom stereocenters. The molecule has 0 saturated heterocycles. The largest absolute Gasteiger partial charge is 0.485 e. The van der Waals surface area contributed by atoms with Crippen LogP contribution in [0.1, 0.15) is 11.8 Å². The van der Waals surface area contributed by atoms with Gasteiger partial charge in [0.15, 0.2) is 17.6 Å². The average molecular weight is 296 g/mol. The minimum Gasteiger partial charge on any atom is -0.485 e. The van der Waals surface area contributed by atoms with Crippen molar-refractivity contribution in [1.29, 1.82) is 0 Å². The van der Waals surface area contributed by atoms with Gasteiger partial charge in [0.25, 0.3) is 0 Å². The molecule has 1 atom stereocenters. The van der Waals surface area contributed by atoms with Gasteiger partial charge >= 0.3 is 0 Å². The van der Waals surface area contributed by atoms with E-state index in [1.165, 1.54) is 12.1 Å². The number of rotatable bonds is 2. The van der Waals surface area contributed by atoms with E-state index in [1.54, 1.807) is 18.3 Å². The summed E-state index contributed by atoms with van der Waals surface area (Å²) in [4.78, 5) is 7.54. The predicted octanol–water partition coefficient (Wildman–Crippen LogP) is 3.73. The molecule has 0 amide bonds. The summed E-state index contributed by atoms with van der Waals surface area (Å²) < 4.78 is 24.6. The summed E-state index contributed by atoms with van der Waals surface area (Å²) in [7, 11) is 0. The van der Waals surface area contributed by atoms with E-state index >= 15 is 0 Å². The van der Waals surface area contributed by atoms with Crippen LogP contribution in [0.15, 0.2) is 54.7 Å². The van der Waals surface area contributed by atoms with Gasteiger partial charge in [0, 0.05) is 5.56 Å². The lowest BCUT2D eigenvalue weighted by Gasteiger charge is -2.25. The van der Waals surface area contributed by atoms with E-state index in [0.29, 0.717) is 12.4 Å². The number of ether oxygens (including phenoxy) is 2. The molecular formula is C17H13FN2O2. The number of nitrogens with one attached hydrogen (secondary N) is 1. The first kappa shape index (κ1) is 12.9. The second-order valence-electron chi connectivity index (χ2n) is 5.06. The van der Waals surface area contributed by atoms with E-state index in [-0.39, 0.29) is 11.9 Å². The monoisotopic (exact) mass is 296 g/mol. The third kappa shape index (κ3) is 2.30. The zero-order chi connectivity index (χ0) is 14.9. The number of hydrogen-bond donors (Lipinski definition) is 1. The van der Waals surface area contributed by atoms with Crippen molar-refractivity contribution < 1.29 is 13.9 Å². The van der Waals surface area contributed by atoms with Crippen LogP contribution in [0.4, 0.5) is 4.39 Å². The first-order chi connectivity index (χ1) is 10.8. The Bertz CT molecular complexity index is 798. The minimum atomic E-state index is -0.267. The number of aromatic nitrogens is 2. The molecule has 0 fully saturated rings. The molecule has 22 heavy (non-hydrogen) atoms. The van der Waals surface area contributed by atoms with Crippen LogP contribution >= 0.6 is 0 Å². The van der Waals surface area contributed by atoms with E-state index < -0.39 is 0 Å². The van der Waals surface area contributed by atoms with E-state index in [2.05, 4.69) is 9.97 Å². The van der Waals surface area contributed by atoms with Crippen molar-refractivity contribution in [3.63, 3.8) is 0 Å². The molecule has 2 aromatic carbocycles. The maximum atomic E-state index is 13.0. The summed E-state index contributed by atoms with van der Waals surface area (Å²) in [5.41, 5.74) is 1.65. The lowest BCUT2D eigenvalue weighted by Crippen LogP contribution is -2.21. The van der Waals surface area contributed by atoms with Crippen molar-refractivity contribution in [1.82, 2.24) is 9.97 Å². The van der Waals surface area contributed by atoms with Crippen molar-refractivity contribution in [2.24, 2.45) is 0 Å². The van der Waals surface area contributed by atoms with Gasteiger partial charge in [-0.15, -0.1) is 0 Å². The number of nitrogens with zero attached hydrogens (tertiary/aromatic N) is 1. The maximum absolute atomic E-state index is 13.0. The van der Waals surface area contributed by atoms with Crippen LogP contribution in [-0.4, -0.2) is 16.6 Å². The summed E-state index contributed by atoms with van der Waals surface area (Å²) in [6.07, 6.45) is 1.48. The molecule has 110 valence electrons. The zero-order valence-electron chi connectivity index (χ0n) is 11.6. The summed E-state index contributed by atoms with van der Waals surface area (Å²) in [6.45, 7) is 0.419. The van der Waals surface area contributed by atoms with Gasteiger partial charge in [0.1, 0.15) is 18.2 Å². The minimum absolute atomic E-state index is 0.239. The normalized spacial score (nSPS) is 16.5. The quantitative estimate of drug-likeness (QED) is 0.784. The Balaban J connectivity index is 1.59. The third-order valence-corrected chi connectivity index (χ3v) is 3.57. The molecule has 0 spiro atoms. The number of fused-ring (bicyclic) bond motifs is 1. The number of H-pyrrole nitrogens is 1. The Hall–Kier alpha value is -2.82. The summed E-state index contributed by atoms with van der Waals surface area (Å²) in [5, 5.41) is 0. The molecule has 5 heteroatoms. The Labute approximate surface area is 126 Å². The highest BCUT2D eigenvalue weighted by Crippen LogP contribution is 2.35. The average Bonchev–Trinajstić information content (AvgIpc) is 3.05. The Kier molecular flexibility index (Phi) is 3.04. The third-order valence-electron chi connectivity index (χ3n) is 3.57. The van der Waals surface area contributed by atoms with Crippen LogP contribution in [0.25, 0.3) is 11.4 Å². The molecule has 1 aliphatic rings. The molecule has 0 radical (unpaired) electrons. The predicted molar refractivity (Wildman–Crippen MR) is 79.3 cm³/mol. The lowest BCUT2D eigenvalue weighted by atomic mass is 10.2. The van der Waals surface area contributed by atoms with Crippen LogP contribution in [0, 0.1) is 5.82 Å². The van der Waals surface area contributed by atoms with Gasteiger partial charge in [-0.2, -0.15) is 0 Å². The zero-order valence-corrected chi connectivity index (χ0v) is 11.6. The second-order valence-corrected chi connectivity index (χ2v) is 5.06. The molecule has 1 aromatic heterocycles. The van der Waals surface area contributed by atoms with Crippen LogP contribution in [0.3, 0.4) is 0 Å². The molecular weight excluding hydrogens is 283 g/mol. The van der Waals surface area contributed by atoms with Gasteiger partial charge in [0.2, 0.25) is 0 Å². The standard InChI is InChI=1S/C17H13FN2O2/c18-12-7-5-11(6-8-12)17-19-9-13(20-17)16-10-21-14-3-1-2-4-15(14)22-16/h1-9,16H,10H2,(H,19,20). The van der Waals surface area contributed by atoms with E-state index in [9.17, 15) is 4.39 Å². The van der Waals surface area contributed by atoms with Gasteiger partial charge < -0.3 is 14.5 Å². The molecule has 0 bridgehead atoms. The van der Waals surface area contributed by atoms with Crippen LogP contribution in [0.5, 0.6) is 11.5 Å². The number of aromatic amines is 1. The fourth-order valence-electron chi connectivity index (χ4n) is 2.43. The fraction of sp³-hybridized carbons (Fsp3) is 0.118. The van der Waals surface area contributed by atoms with Crippen LogP contribution in [0.2, 0.25) is 0 Å². The highest BCUT2D eigenvalue weighted by atomic mass is 19.1. The lowest BCUT2D eigenvalue weighted by molar-refractivity contribution is 0.0886. The Morgan fingerprint density at radius 2 is 1.82 bits per heavy atom. The first-order valence-corrected chi connectivity index (χ1v) is 6.99. The van der Waals surface area contributed by atoms with Gasteiger partial charge in [-0.25, -0.2) is 9.37 Å². The smallest absolute Gasteiger partial charge is 0.174 e. The van der Waals surface area contributed by atoms with Gasteiger partial charge in [-0.1, -0.05) is 12.1 Å². The molecule has 0 saturated carbocycles. The van der Waals surface area contributed by atoms with Crippen molar-refractivity contribution in [3.8, 4) is 22.9 Å². The van der Waals surface area contributed by atoms with E-state index in [0.717, 1.165) is 22.8 Å². The SMILES string of the molecule is Fc1ccc(-c2ncc(C3COc4ccccc4O3)[nH]2)cc1. The summed E-state index contributed by atoms with van der Waals surface area (Å²) >= 11 is 0. The summed E-state index contributed by atoms with van der Waals surface area (Å²) in [5.74, 6) is 1.88. The van der Waals surface area contributed by atoms with E-state index in [1.807, 2.05) is 24.3 Å². The van der Waals surface area contributed by atoms with Gasteiger partial charge in [0.05, 0.1) is 11.9 Å². The molecule has 3 aromatic rings. The first-order valence-electron chi connectivity index (χ1n) is 6.99. The molecule has 2 heterocycles. The number of benzene rings is 2. The summed E-state index contributed by atoms with van der Waals surface area (Å²) in [6, 6.07) is 13.8. The van der Waals surface area contributed by atoms with Gasteiger partial charge in [-0.05, 0) is 36.4 Å². The fourth-order valence-corrected chi connectivity index (χ4v) is 2.43. The van der Waals surface area contributed by atoms with Crippen molar-refractivity contribution in [2.75, 3.05) is 6.61 Å². The Morgan fingerprint density at radius 1 is 1.05 bits per heavy atom. The molecule has 4 nitrogen and oxygen atoms in total.